The number of benzene rings is 3. The molecule has 218 valence electrons. The number of rotatable bonds is 13. The number of hydrogen-bond donors (Lipinski definition) is 0. The van der Waals surface area contributed by atoms with Crippen LogP contribution in [0.1, 0.15) is 43.6 Å². The predicted molar refractivity (Wildman–Crippen MR) is 157 cm³/mol. The van der Waals surface area contributed by atoms with Crippen molar-refractivity contribution in [1.82, 2.24) is 9.55 Å². The van der Waals surface area contributed by atoms with Gasteiger partial charge in [0.05, 0.1) is 46.5 Å². The lowest BCUT2D eigenvalue weighted by atomic mass is 10.1. The molecular weight excluding hydrogens is 556 g/mol. The van der Waals surface area contributed by atoms with Gasteiger partial charge in [-0.15, -0.1) is 0 Å². The number of carbonyl (C=O) groups excluding carboxylic acids is 2. The summed E-state index contributed by atoms with van der Waals surface area (Å²) in [6.45, 7) is 3.91. The molecule has 0 amide bonds. The quantitative estimate of drug-likeness (QED) is 0.207. The number of anilines is 1. The Bertz CT molecular complexity index is 1690. The Hall–Kier alpha value is -4.69. The molecule has 4 rings (SSSR count). The summed E-state index contributed by atoms with van der Waals surface area (Å²) in [5, 5.41) is 9.13. The summed E-state index contributed by atoms with van der Waals surface area (Å²) < 4.78 is 40.7. The van der Waals surface area contributed by atoms with E-state index in [1.165, 1.54) is 16.4 Å². The highest BCUT2D eigenvalue weighted by molar-refractivity contribution is 7.92. The minimum Gasteiger partial charge on any atom is -0.466 e. The number of ether oxygens (including phenoxy) is 2. The molecule has 4 aromatic rings. The van der Waals surface area contributed by atoms with Crippen LogP contribution < -0.4 is 4.31 Å². The zero-order valence-electron chi connectivity index (χ0n) is 23.5. The van der Waals surface area contributed by atoms with Crippen LogP contribution in [0.25, 0.3) is 11.0 Å². The van der Waals surface area contributed by atoms with Crippen molar-refractivity contribution in [3.63, 3.8) is 0 Å². The molecule has 1 heterocycles. The largest absolute Gasteiger partial charge is 0.466 e. The van der Waals surface area contributed by atoms with Gasteiger partial charge < -0.3 is 14.0 Å². The number of esters is 2. The Labute approximate surface area is 245 Å². The maximum atomic E-state index is 13.8. The summed E-state index contributed by atoms with van der Waals surface area (Å²) in [7, 11) is -3.97. The predicted octanol–water partition coefficient (Wildman–Crippen LogP) is 4.60. The second-order valence-corrected chi connectivity index (χ2v) is 11.2. The van der Waals surface area contributed by atoms with Gasteiger partial charge in [-0.05, 0) is 68.3 Å². The van der Waals surface area contributed by atoms with E-state index < -0.39 is 22.0 Å². The summed E-state index contributed by atoms with van der Waals surface area (Å²) in [6, 6.07) is 22.4. The highest BCUT2D eigenvalue weighted by Gasteiger charge is 2.26. The van der Waals surface area contributed by atoms with Crippen molar-refractivity contribution in [2.45, 2.75) is 44.6 Å². The van der Waals surface area contributed by atoms with Crippen LogP contribution in [0.3, 0.4) is 0 Å². The van der Waals surface area contributed by atoms with Crippen LogP contribution >= 0.6 is 0 Å². The third-order valence-electron chi connectivity index (χ3n) is 6.52. The van der Waals surface area contributed by atoms with Crippen molar-refractivity contribution < 1.29 is 27.5 Å². The molecule has 0 spiro atoms. The van der Waals surface area contributed by atoms with Gasteiger partial charge in [0.1, 0.15) is 12.4 Å². The minimum atomic E-state index is -3.97. The SMILES string of the molecule is CCOC(=O)CCCN(c1ccc2c(c1)nc(Cc1ccc(C#N)cc1)n2CC(=O)OCC)S(=O)(=O)c1ccccc1. The van der Waals surface area contributed by atoms with E-state index >= 15 is 0 Å². The first kappa shape index (κ1) is 30.3. The molecule has 3 aromatic carbocycles. The maximum Gasteiger partial charge on any atom is 0.326 e. The Kier molecular flexibility index (Phi) is 9.93. The molecule has 0 fully saturated rings. The van der Waals surface area contributed by atoms with Crippen LogP contribution in [0.5, 0.6) is 0 Å². The highest BCUT2D eigenvalue weighted by atomic mass is 32.2. The molecule has 0 saturated heterocycles. The number of nitriles is 1. The summed E-state index contributed by atoms with van der Waals surface area (Å²) in [5.41, 5.74) is 2.94. The molecule has 11 heteroatoms. The normalized spacial score (nSPS) is 11.2. The molecule has 42 heavy (non-hydrogen) atoms. The molecule has 10 nitrogen and oxygen atoms in total. The van der Waals surface area contributed by atoms with Gasteiger partial charge >= 0.3 is 11.9 Å². The summed E-state index contributed by atoms with van der Waals surface area (Å²) in [4.78, 5) is 29.4. The first-order chi connectivity index (χ1) is 20.3. The van der Waals surface area contributed by atoms with Crippen LogP contribution in [0.2, 0.25) is 0 Å². The zero-order chi connectivity index (χ0) is 30.1. The number of aromatic nitrogens is 2. The molecule has 0 saturated carbocycles. The standard InChI is InChI=1S/C31H32N4O6S/c1-3-40-30(36)11-8-18-35(42(38,39)26-9-6-5-7-10-26)25-16-17-28-27(20-25)33-29(34(28)22-31(37)41-4-2)19-23-12-14-24(21-32)15-13-23/h5-7,9-10,12-17,20H,3-4,8,11,18-19,22H2,1-2H3. The lowest BCUT2D eigenvalue weighted by Crippen LogP contribution is -2.32. The molecule has 0 unspecified atom stereocenters. The summed E-state index contributed by atoms with van der Waals surface area (Å²) in [6.07, 6.45) is 0.699. The third-order valence-corrected chi connectivity index (χ3v) is 8.36. The highest BCUT2D eigenvalue weighted by Crippen LogP contribution is 2.29. The number of imidazole rings is 1. The molecule has 0 atom stereocenters. The first-order valence-electron chi connectivity index (χ1n) is 13.6. The van der Waals surface area contributed by atoms with Crippen LogP contribution in [-0.4, -0.2) is 49.7 Å². The third kappa shape index (κ3) is 7.14. The molecule has 0 aliphatic carbocycles. The zero-order valence-corrected chi connectivity index (χ0v) is 24.3. The van der Waals surface area contributed by atoms with E-state index in [1.807, 2.05) is 12.1 Å². The lowest BCUT2D eigenvalue weighted by molar-refractivity contribution is -0.144. The number of hydrogen-bond acceptors (Lipinski definition) is 8. The average Bonchev–Trinajstić information content (AvgIpc) is 3.31. The van der Waals surface area contributed by atoms with Gasteiger partial charge in [0.15, 0.2) is 0 Å². The number of fused-ring (bicyclic) bond motifs is 1. The van der Waals surface area contributed by atoms with E-state index in [9.17, 15) is 18.0 Å². The lowest BCUT2D eigenvalue weighted by Gasteiger charge is -2.24. The number of carbonyl (C=O) groups is 2. The maximum absolute atomic E-state index is 13.8. The van der Waals surface area contributed by atoms with E-state index in [2.05, 4.69) is 6.07 Å². The Morgan fingerprint density at radius 1 is 0.952 bits per heavy atom. The van der Waals surface area contributed by atoms with Crippen LogP contribution in [-0.2, 0) is 42.1 Å². The molecular formula is C31H32N4O6S. The fourth-order valence-electron chi connectivity index (χ4n) is 4.56. The Morgan fingerprint density at radius 3 is 2.31 bits per heavy atom. The van der Waals surface area contributed by atoms with Crippen molar-refractivity contribution in [3.8, 4) is 6.07 Å². The van der Waals surface area contributed by atoms with E-state index in [-0.39, 0.29) is 44.0 Å². The van der Waals surface area contributed by atoms with E-state index in [0.29, 0.717) is 34.5 Å². The minimum absolute atomic E-state index is 0.0448. The van der Waals surface area contributed by atoms with Crippen LogP contribution in [0.4, 0.5) is 5.69 Å². The number of nitrogens with zero attached hydrogens (tertiary/aromatic N) is 4. The van der Waals surface area contributed by atoms with Gasteiger partial charge in [-0.1, -0.05) is 30.3 Å². The number of sulfonamides is 1. The van der Waals surface area contributed by atoms with Crippen molar-refractivity contribution in [2.24, 2.45) is 0 Å². The van der Waals surface area contributed by atoms with Gasteiger partial charge in [0.2, 0.25) is 0 Å². The van der Waals surface area contributed by atoms with Gasteiger partial charge in [0, 0.05) is 19.4 Å². The fraction of sp³-hybridized carbons (Fsp3) is 0.290. The van der Waals surface area contributed by atoms with Crippen molar-refractivity contribution in [3.05, 3.63) is 89.7 Å². The summed E-state index contributed by atoms with van der Waals surface area (Å²) >= 11 is 0. The molecule has 0 aliphatic rings. The summed E-state index contributed by atoms with van der Waals surface area (Å²) in [5.74, 6) is -0.232. The molecule has 0 radical (unpaired) electrons. The van der Waals surface area contributed by atoms with Gasteiger partial charge in [-0.25, -0.2) is 13.4 Å². The van der Waals surface area contributed by atoms with Crippen LogP contribution in [0.15, 0.2) is 77.7 Å². The fourth-order valence-corrected chi connectivity index (χ4v) is 6.07. The van der Waals surface area contributed by atoms with Crippen molar-refractivity contribution in [1.29, 1.82) is 5.26 Å². The van der Waals surface area contributed by atoms with E-state index in [0.717, 1.165) is 5.56 Å². The molecule has 0 aliphatic heterocycles. The van der Waals surface area contributed by atoms with Crippen molar-refractivity contribution in [2.75, 3.05) is 24.1 Å². The molecule has 1 aromatic heterocycles. The second-order valence-electron chi connectivity index (χ2n) is 9.38. The van der Waals surface area contributed by atoms with E-state index in [4.69, 9.17) is 19.7 Å². The molecule has 0 bridgehead atoms. The van der Waals surface area contributed by atoms with Gasteiger partial charge in [-0.3, -0.25) is 13.9 Å². The monoisotopic (exact) mass is 588 g/mol. The average molecular weight is 589 g/mol. The smallest absolute Gasteiger partial charge is 0.326 e. The Balaban J connectivity index is 1.75. The van der Waals surface area contributed by atoms with Gasteiger partial charge in [-0.2, -0.15) is 5.26 Å². The Morgan fingerprint density at radius 2 is 1.64 bits per heavy atom. The van der Waals surface area contributed by atoms with Gasteiger partial charge in [0.25, 0.3) is 10.0 Å². The topological polar surface area (TPSA) is 132 Å². The van der Waals surface area contributed by atoms with E-state index in [1.54, 1.807) is 66.9 Å². The van der Waals surface area contributed by atoms with Crippen molar-refractivity contribution >= 4 is 38.7 Å². The van der Waals surface area contributed by atoms with Crippen LogP contribution in [0, 0.1) is 11.3 Å². The second kappa shape index (κ2) is 13.8. The first-order valence-corrected chi connectivity index (χ1v) is 15.1. The molecule has 0 N–H and O–H groups in total.